The number of H-pyrrole nitrogens is 1. The number of allylic oxidation sites excluding steroid dienone is 1. The van der Waals surface area contributed by atoms with Crippen molar-refractivity contribution >= 4 is 45.6 Å². The van der Waals surface area contributed by atoms with Crippen LogP contribution in [0, 0.1) is 5.92 Å². The Labute approximate surface area is 212 Å². The van der Waals surface area contributed by atoms with Crippen molar-refractivity contribution in [2.24, 2.45) is 5.92 Å². The smallest absolute Gasteiger partial charge is 0.256 e. The number of methoxy groups -OCH3 is 2. The minimum absolute atomic E-state index is 0.00867. The number of nitrogens with one attached hydrogen (secondary N) is 2. The first kappa shape index (κ1) is 25.0. The molecule has 1 fully saturated rings. The minimum Gasteiger partial charge on any atom is -0.495 e. The zero-order valence-corrected chi connectivity index (χ0v) is 20.8. The van der Waals surface area contributed by atoms with Gasteiger partial charge >= 0.3 is 0 Å². The minimum atomic E-state index is -0.338. The van der Waals surface area contributed by atoms with Crippen LogP contribution in [-0.2, 0) is 9.53 Å². The van der Waals surface area contributed by atoms with Crippen LogP contribution in [-0.4, -0.2) is 49.2 Å². The number of nitrogens with zero attached hydrogens (tertiary/aromatic N) is 1. The third-order valence-corrected chi connectivity index (χ3v) is 6.84. The van der Waals surface area contributed by atoms with Crippen molar-refractivity contribution in [1.82, 2.24) is 9.97 Å². The van der Waals surface area contributed by atoms with Gasteiger partial charge in [-0.15, -0.1) is 0 Å². The number of aromatic amines is 1. The van der Waals surface area contributed by atoms with Gasteiger partial charge in [-0.2, -0.15) is 0 Å². The maximum Gasteiger partial charge on any atom is 0.256 e. The molecule has 0 radical (unpaired) electrons. The normalized spacial score (nSPS) is 17.7. The lowest BCUT2D eigenvalue weighted by molar-refractivity contribution is -0.116. The highest BCUT2D eigenvalue weighted by Crippen LogP contribution is 2.45. The quantitative estimate of drug-likeness (QED) is 0.410. The number of hydrogen-bond acceptors (Lipinski definition) is 7. The Morgan fingerprint density at radius 2 is 1.97 bits per heavy atom. The summed E-state index contributed by atoms with van der Waals surface area (Å²) in [6.07, 6.45) is 4.07. The van der Waals surface area contributed by atoms with Crippen molar-refractivity contribution in [3.8, 4) is 22.8 Å². The molecule has 0 saturated carbocycles. The van der Waals surface area contributed by atoms with Crippen molar-refractivity contribution < 1.29 is 19.0 Å². The van der Waals surface area contributed by atoms with Crippen molar-refractivity contribution in [1.29, 1.82) is 0 Å². The molecule has 3 heterocycles. The van der Waals surface area contributed by atoms with Crippen molar-refractivity contribution in [2.45, 2.75) is 18.9 Å². The highest BCUT2D eigenvalue weighted by atomic mass is 35.5. The van der Waals surface area contributed by atoms with E-state index in [1.165, 1.54) is 20.3 Å². The van der Waals surface area contributed by atoms with Crippen LogP contribution in [0.1, 0.15) is 12.8 Å². The maximum atomic E-state index is 13.1. The lowest BCUT2D eigenvalue weighted by Crippen LogP contribution is -2.39. The molecular formula is C25H25Cl2N3O5. The van der Waals surface area contributed by atoms with Crippen LogP contribution in [0.4, 0.5) is 5.82 Å². The monoisotopic (exact) mass is 517 g/mol. The third-order valence-electron chi connectivity index (χ3n) is 6.09. The molecule has 0 aliphatic carbocycles. The zero-order chi connectivity index (χ0) is 25.1. The molecule has 0 bridgehead atoms. The maximum absolute atomic E-state index is 13.1. The number of benzene rings is 1. The van der Waals surface area contributed by atoms with Gasteiger partial charge in [0.2, 0.25) is 0 Å². The van der Waals surface area contributed by atoms with Crippen LogP contribution in [0.15, 0.2) is 41.8 Å². The van der Waals surface area contributed by atoms with E-state index in [0.29, 0.717) is 59.0 Å². The number of hydrogen-bond donors (Lipinski definition) is 2. The number of pyridine rings is 2. The van der Waals surface area contributed by atoms with Gasteiger partial charge in [-0.05, 0) is 30.5 Å². The Kier molecular flexibility index (Phi) is 7.64. The lowest BCUT2D eigenvalue weighted by Gasteiger charge is -2.32. The van der Waals surface area contributed by atoms with E-state index < -0.39 is 0 Å². The fourth-order valence-corrected chi connectivity index (χ4v) is 4.92. The lowest BCUT2D eigenvalue weighted by atomic mass is 9.89. The SMILES string of the molecule is C=CC(=O)C[C@H]1CCOC[C@H]1Nc1cc2c(=O)[nH]c(-c3c(Cl)c(OC)cc(OC)c3Cl)cc2cn1. The Hall–Kier alpha value is -3.07. The van der Waals surface area contributed by atoms with E-state index in [1.54, 1.807) is 24.4 Å². The van der Waals surface area contributed by atoms with Crippen molar-refractivity contribution in [2.75, 3.05) is 32.8 Å². The molecule has 2 aromatic heterocycles. The second-order valence-electron chi connectivity index (χ2n) is 8.20. The Balaban J connectivity index is 1.69. The molecule has 0 spiro atoms. The van der Waals surface area contributed by atoms with Gasteiger partial charge in [0.05, 0.1) is 48.0 Å². The van der Waals surface area contributed by atoms with Gasteiger partial charge in [0.25, 0.3) is 5.56 Å². The van der Waals surface area contributed by atoms with Crippen LogP contribution in [0.5, 0.6) is 11.5 Å². The predicted octanol–water partition coefficient (Wildman–Crippen LogP) is 4.88. The van der Waals surface area contributed by atoms with E-state index >= 15 is 0 Å². The number of halogens is 2. The molecule has 0 amide bonds. The number of carbonyl (C=O) groups excluding carboxylic acids is 1. The molecule has 1 aromatic carbocycles. The van der Waals surface area contributed by atoms with Crippen molar-refractivity contribution in [3.05, 3.63) is 57.4 Å². The summed E-state index contributed by atoms with van der Waals surface area (Å²) < 4.78 is 16.3. The van der Waals surface area contributed by atoms with Crippen LogP contribution in [0.2, 0.25) is 10.0 Å². The summed E-state index contributed by atoms with van der Waals surface area (Å²) in [5.74, 6) is 1.31. The molecule has 184 valence electrons. The zero-order valence-electron chi connectivity index (χ0n) is 19.3. The number of ether oxygens (including phenoxy) is 3. The largest absolute Gasteiger partial charge is 0.495 e. The molecule has 2 N–H and O–H groups in total. The Morgan fingerprint density at radius 1 is 1.26 bits per heavy atom. The first-order valence-corrected chi connectivity index (χ1v) is 11.7. The molecule has 2 atom stereocenters. The van der Waals surface area contributed by atoms with Crippen LogP contribution >= 0.6 is 23.2 Å². The van der Waals surface area contributed by atoms with Gasteiger partial charge < -0.3 is 24.5 Å². The average Bonchev–Trinajstić information content (AvgIpc) is 2.86. The number of ketones is 1. The van der Waals surface area contributed by atoms with E-state index in [0.717, 1.165) is 6.42 Å². The summed E-state index contributed by atoms with van der Waals surface area (Å²) in [7, 11) is 2.96. The Bertz CT molecular complexity index is 1310. The van der Waals surface area contributed by atoms with E-state index in [2.05, 4.69) is 21.9 Å². The molecule has 3 aromatic rings. The highest BCUT2D eigenvalue weighted by Gasteiger charge is 2.27. The summed E-state index contributed by atoms with van der Waals surface area (Å²) in [5, 5.41) is 4.85. The number of anilines is 1. The molecule has 4 rings (SSSR count). The van der Waals surface area contributed by atoms with E-state index in [4.69, 9.17) is 37.4 Å². The highest BCUT2D eigenvalue weighted by molar-refractivity contribution is 6.41. The predicted molar refractivity (Wildman–Crippen MR) is 137 cm³/mol. The molecule has 10 heteroatoms. The Morgan fingerprint density at radius 3 is 2.63 bits per heavy atom. The van der Waals surface area contributed by atoms with Gasteiger partial charge in [0.15, 0.2) is 5.78 Å². The number of rotatable bonds is 8. The second-order valence-corrected chi connectivity index (χ2v) is 8.96. The molecule has 1 aliphatic heterocycles. The third kappa shape index (κ3) is 5.15. The molecule has 1 aliphatic rings. The summed E-state index contributed by atoms with van der Waals surface area (Å²) in [6, 6.07) is 4.89. The fraction of sp³-hybridized carbons (Fsp3) is 0.320. The van der Waals surface area contributed by atoms with E-state index in [9.17, 15) is 9.59 Å². The molecule has 8 nitrogen and oxygen atoms in total. The summed E-state index contributed by atoms with van der Waals surface area (Å²) in [4.78, 5) is 32.3. The standard InChI is InChI=1S/C25H25Cl2N3O5/c1-4-15(31)7-13-5-6-35-12-18(13)29-21-9-16-14(11-28-21)8-17(30-25(16)32)22-23(26)19(33-2)10-20(34-3)24(22)27/h4,8-11,13,18H,1,5-7,12H2,2-3H3,(H,28,29)(H,30,32)/t13-,18-/m1/s1. The van der Waals surface area contributed by atoms with Crippen LogP contribution < -0.4 is 20.3 Å². The summed E-state index contributed by atoms with van der Waals surface area (Å²) >= 11 is 13.0. The van der Waals surface area contributed by atoms with Crippen LogP contribution in [0.25, 0.3) is 22.0 Å². The summed E-state index contributed by atoms with van der Waals surface area (Å²) in [6.45, 7) is 4.60. The van der Waals surface area contributed by atoms with Gasteiger partial charge in [-0.25, -0.2) is 4.98 Å². The molecule has 35 heavy (non-hydrogen) atoms. The molecule has 1 saturated heterocycles. The van der Waals surface area contributed by atoms with Crippen molar-refractivity contribution in [3.63, 3.8) is 0 Å². The molecular weight excluding hydrogens is 493 g/mol. The first-order chi connectivity index (χ1) is 16.9. The number of carbonyl (C=O) groups is 1. The van der Waals surface area contributed by atoms with Gasteiger partial charge in [0.1, 0.15) is 17.3 Å². The van der Waals surface area contributed by atoms with Gasteiger partial charge in [0, 0.05) is 36.2 Å². The average molecular weight is 518 g/mol. The number of fused-ring (bicyclic) bond motifs is 1. The molecule has 0 unspecified atom stereocenters. The number of aromatic nitrogens is 2. The fourth-order valence-electron chi connectivity index (χ4n) is 4.21. The summed E-state index contributed by atoms with van der Waals surface area (Å²) in [5.41, 5.74) is 0.454. The second kappa shape index (κ2) is 10.7. The van der Waals surface area contributed by atoms with E-state index in [-0.39, 0.29) is 33.3 Å². The first-order valence-electron chi connectivity index (χ1n) is 11.0. The van der Waals surface area contributed by atoms with Crippen LogP contribution in [0.3, 0.4) is 0 Å². The topological polar surface area (TPSA) is 103 Å². The van der Waals surface area contributed by atoms with Gasteiger partial charge in [-0.1, -0.05) is 29.8 Å². The van der Waals surface area contributed by atoms with E-state index in [1.807, 2.05) is 0 Å². The van der Waals surface area contributed by atoms with Gasteiger partial charge in [-0.3, -0.25) is 9.59 Å².